The van der Waals surface area contributed by atoms with Gasteiger partial charge < -0.3 is 16.0 Å². The monoisotopic (exact) mass is 203 g/mol. The van der Waals surface area contributed by atoms with Crippen molar-refractivity contribution < 1.29 is 0 Å². The molecule has 2 aromatic rings. The third-order valence-electron chi connectivity index (χ3n) is 2.88. The third kappa shape index (κ3) is 1.64. The highest BCUT2D eigenvalue weighted by Gasteiger charge is 2.15. The van der Waals surface area contributed by atoms with E-state index < -0.39 is 0 Å². The van der Waals surface area contributed by atoms with Crippen LogP contribution in [0.4, 0.5) is 0 Å². The molecule has 3 nitrogen and oxygen atoms in total. The summed E-state index contributed by atoms with van der Waals surface area (Å²) in [6, 6.07) is 8.55. The molecule has 1 aromatic heterocycles. The van der Waals surface area contributed by atoms with Crippen molar-refractivity contribution in [2.75, 3.05) is 13.6 Å². The highest BCUT2D eigenvalue weighted by molar-refractivity contribution is 5.85. The van der Waals surface area contributed by atoms with Crippen molar-refractivity contribution in [3.63, 3.8) is 0 Å². The molecule has 0 bridgehead atoms. The molecule has 1 unspecified atom stereocenters. The molecule has 0 fully saturated rings. The number of hydrogen-bond donors (Lipinski definition) is 3. The molecule has 0 aliphatic heterocycles. The van der Waals surface area contributed by atoms with E-state index in [1.165, 1.54) is 22.2 Å². The third-order valence-corrected chi connectivity index (χ3v) is 2.88. The zero-order valence-electron chi connectivity index (χ0n) is 9.17. The topological polar surface area (TPSA) is 53.8 Å². The summed E-state index contributed by atoms with van der Waals surface area (Å²) >= 11 is 0. The SMILES string of the molecule is CNC(CN)c1c(C)[nH]c2ccccc12. The maximum Gasteiger partial charge on any atom is 0.0466 e. The molecule has 80 valence electrons. The van der Waals surface area contributed by atoms with E-state index in [1.54, 1.807) is 0 Å². The van der Waals surface area contributed by atoms with Crippen molar-refractivity contribution in [1.29, 1.82) is 0 Å². The smallest absolute Gasteiger partial charge is 0.0466 e. The van der Waals surface area contributed by atoms with Crippen molar-refractivity contribution in [2.24, 2.45) is 5.73 Å². The second-order valence-electron chi connectivity index (χ2n) is 3.79. The van der Waals surface area contributed by atoms with Gasteiger partial charge in [-0.25, -0.2) is 0 Å². The maximum absolute atomic E-state index is 5.76. The molecule has 1 atom stereocenters. The van der Waals surface area contributed by atoms with E-state index >= 15 is 0 Å². The van der Waals surface area contributed by atoms with Crippen molar-refractivity contribution >= 4 is 10.9 Å². The van der Waals surface area contributed by atoms with Gasteiger partial charge in [0, 0.05) is 29.2 Å². The Bertz CT molecular complexity index is 455. The summed E-state index contributed by atoms with van der Waals surface area (Å²) in [5.74, 6) is 0. The fourth-order valence-corrected chi connectivity index (χ4v) is 2.13. The van der Waals surface area contributed by atoms with E-state index in [2.05, 4.69) is 35.4 Å². The lowest BCUT2D eigenvalue weighted by Crippen LogP contribution is -2.25. The van der Waals surface area contributed by atoms with Crippen LogP contribution in [-0.4, -0.2) is 18.6 Å². The summed E-state index contributed by atoms with van der Waals surface area (Å²) in [6.45, 7) is 2.70. The highest BCUT2D eigenvalue weighted by atomic mass is 14.9. The van der Waals surface area contributed by atoms with E-state index in [0.717, 1.165) is 0 Å². The van der Waals surface area contributed by atoms with Gasteiger partial charge in [-0.05, 0) is 25.6 Å². The molecule has 15 heavy (non-hydrogen) atoms. The first-order valence-corrected chi connectivity index (χ1v) is 5.22. The Morgan fingerprint density at radius 1 is 1.40 bits per heavy atom. The average Bonchev–Trinajstić information content (AvgIpc) is 2.58. The fourth-order valence-electron chi connectivity index (χ4n) is 2.13. The standard InChI is InChI=1S/C12H17N3/c1-8-12(11(7-13)14-2)9-5-3-4-6-10(9)15-8/h3-6,11,14-15H,7,13H2,1-2H3. The Balaban J connectivity index is 2.62. The van der Waals surface area contributed by atoms with Crippen LogP contribution in [0.3, 0.4) is 0 Å². The first-order valence-electron chi connectivity index (χ1n) is 5.22. The number of aromatic nitrogens is 1. The molecular formula is C12H17N3. The number of nitrogens with two attached hydrogens (primary N) is 1. The lowest BCUT2D eigenvalue weighted by molar-refractivity contribution is 0.606. The van der Waals surface area contributed by atoms with Gasteiger partial charge in [0.2, 0.25) is 0 Å². The molecule has 1 aromatic carbocycles. The Morgan fingerprint density at radius 3 is 2.80 bits per heavy atom. The molecule has 0 radical (unpaired) electrons. The van der Waals surface area contributed by atoms with Gasteiger partial charge in [-0.15, -0.1) is 0 Å². The molecular weight excluding hydrogens is 186 g/mol. The fraction of sp³-hybridized carbons (Fsp3) is 0.333. The molecule has 0 aliphatic rings. The minimum absolute atomic E-state index is 0.223. The zero-order chi connectivity index (χ0) is 10.8. The zero-order valence-corrected chi connectivity index (χ0v) is 9.17. The predicted molar refractivity (Wildman–Crippen MR) is 63.9 cm³/mol. The van der Waals surface area contributed by atoms with Crippen LogP contribution in [0.1, 0.15) is 17.3 Å². The Hall–Kier alpha value is -1.32. The van der Waals surface area contributed by atoms with Crippen LogP contribution in [0.2, 0.25) is 0 Å². The van der Waals surface area contributed by atoms with Crippen molar-refractivity contribution in [1.82, 2.24) is 10.3 Å². The molecule has 0 amide bonds. The van der Waals surface area contributed by atoms with Gasteiger partial charge in [-0.1, -0.05) is 18.2 Å². The Morgan fingerprint density at radius 2 is 2.13 bits per heavy atom. The molecule has 0 saturated heterocycles. The first kappa shape index (κ1) is 10.2. The van der Waals surface area contributed by atoms with Crippen molar-refractivity contribution in [3.05, 3.63) is 35.5 Å². The number of H-pyrrole nitrogens is 1. The number of benzene rings is 1. The number of nitrogens with one attached hydrogen (secondary N) is 2. The quantitative estimate of drug-likeness (QED) is 0.711. The largest absolute Gasteiger partial charge is 0.358 e. The highest BCUT2D eigenvalue weighted by Crippen LogP contribution is 2.26. The van der Waals surface area contributed by atoms with Crippen molar-refractivity contribution in [2.45, 2.75) is 13.0 Å². The normalized spacial score (nSPS) is 13.3. The van der Waals surface area contributed by atoms with Crippen LogP contribution in [0.5, 0.6) is 0 Å². The predicted octanol–water partition coefficient (Wildman–Crippen LogP) is 1.70. The minimum Gasteiger partial charge on any atom is -0.358 e. The van der Waals surface area contributed by atoms with Crippen molar-refractivity contribution in [3.8, 4) is 0 Å². The van der Waals surface area contributed by atoms with Gasteiger partial charge in [0.05, 0.1) is 0 Å². The van der Waals surface area contributed by atoms with Crippen LogP contribution in [-0.2, 0) is 0 Å². The number of aryl methyl sites for hydroxylation is 1. The van der Waals surface area contributed by atoms with Gasteiger partial charge in [-0.2, -0.15) is 0 Å². The molecule has 1 heterocycles. The van der Waals surface area contributed by atoms with E-state index in [4.69, 9.17) is 5.73 Å². The second-order valence-corrected chi connectivity index (χ2v) is 3.79. The number of aromatic amines is 1. The molecule has 0 saturated carbocycles. The lowest BCUT2D eigenvalue weighted by atomic mass is 10.0. The van der Waals surface area contributed by atoms with Crippen LogP contribution in [0.15, 0.2) is 24.3 Å². The Kier molecular flexibility index (Phi) is 2.75. The number of fused-ring (bicyclic) bond motifs is 1. The summed E-state index contributed by atoms with van der Waals surface area (Å²) in [5, 5.41) is 4.51. The van der Waals surface area contributed by atoms with Gasteiger partial charge in [0.25, 0.3) is 0 Å². The summed E-state index contributed by atoms with van der Waals surface area (Å²) in [6.07, 6.45) is 0. The lowest BCUT2D eigenvalue weighted by Gasteiger charge is -2.14. The molecule has 0 aliphatic carbocycles. The molecule has 0 spiro atoms. The van der Waals surface area contributed by atoms with Crippen LogP contribution < -0.4 is 11.1 Å². The van der Waals surface area contributed by atoms with E-state index in [9.17, 15) is 0 Å². The summed E-state index contributed by atoms with van der Waals surface area (Å²) in [5.41, 5.74) is 9.42. The summed E-state index contributed by atoms with van der Waals surface area (Å²) in [4.78, 5) is 3.38. The average molecular weight is 203 g/mol. The summed E-state index contributed by atoms with van der Waals surface area (Å²) < 4.78 is 0. The minimum atomic E-state index is 0.223. The summed E-state index contributed by atoms with van der Waals surface area (Å²) in [7, 11) is 1.94. The number of para-hydroxylation sites is 1. The van der Waals surface area contributed by atoms with E-state index in [-0.39, 0.29) is 6.04 Å². The van der Waals surface area contributed by atoms with Gasteiger partial charge in [0.15, 0.2) is 0 Å². The first-order chi connectivity index (χ1) is 7.27. The van der Waals surface area contributed by atoms with Gasteiger partial charge in [0.1, 0.15) is 0 Å². The van der Waals surface area contributed by atoms with Crippen LogP contribution in [0, 0.1) is 6.92 Å². The van der Waals surface area contributed by atoms with Crippen LogP contribution >= 0.6 is 0 Å². The number of hydrogen-bond acceptors (Lipinski definition) is 2. The molecule has 4 N–H and O–H groups in total. The molecule has 2 rings (SSSR count). The van der Waals surface area contributed by atoms with Crippen LogP contribution in [0.25, 0.3) is 10.9 Å². The Labute approximate surface area is 89.7 Å². The van der Waals surface area contributed by atoms with E-state index in [1.807, 2.05) is 13.1 Å². The number of likely N-dealkylation sites (N-methyl/N-ethyl adjacent to an activating group) is 1. The van der Waals surface area contributed by atoms with E-state index in [0.29, 0.717) is 6.54 Å². The van der Waals surface area contributed by atoms with Gasteiger partial charge in [-0.3, -0.25) is 0 Å². The maximum atomic E-state index is 5.76. The number of rotatable bonds is 3. The molecule has 3 heteroatoms. The van der Waals surface area contributed by atoms with Gasteiger partial charge >= 0.3 is 0 Å². The second kappa shape index (κ2) is 4.04.